The molecule has 0 saturated carbocycles. The Balaban J connectivity index is 2.53. The van der Waals surface area contributed by atoms with Crippen LogP contribution < -0.4 is 10.6 Å². The maximum atomic E-state index is 12.3. The molecule has 6 nitrogen and oxygen atoms in total. The SMILES string of the molecule is CC(C)C(C)NC(=O)COC(=O)[C@@H](NC(=O)Cc1ccccc1)C(C)C. The lowest BCUT2D eigenvalue weighted by Crippen LogP contribution is -2.47. The second-order valence-corrected chi connectivity index (χ2v) is 7.16. The van der Waals surface area contributed by atoms with E-state index in [0.29, 0.717) is 0 Å². The molecule has 1 aromatic carbocycles. The summed E-state index contributed by atoms with van der Waals surface area (Å²) < 4.78 is 5.09. The van der Waals surface area contributed by atoms with Gasteiger partial charge in [-0.2, -0.15) is 0 Å². The lowest BCUT2D eigenvalue weighted by molar-refractivity contribution is -0.153. The van der Waals surface area contributed by atoms with Gasteiger partial charge in [-0.15, -0.1) is 0 Å². The summed E-state index contributed by atoms with van der Waals surface area (Å²) in [5.74, 6) is -1.08. The summed E-state index contributed by atoms with van der Waals surface area (Å²) in [4.78, 5) is 36.3. The third-order valence-corrected chi connectivity index (χ3v) is 4.18. The van der Waals surface area contributed by atoms with Gasteiger partial charge in [0.05, 0.1) is 6.42 Å². The average molecular weight is 362 g/mol. The van der Waals surface area contributed by atoms with Crippen molar-refractivity contribution < 1.29 is 19.1 Å². The Morgan fingerprint density at radius 3 is 2.04 bits per heavy atom. The fourth-order valence-corrected chi connectivity index (χ4v) is 2.19. The second kappa shape index (κ2) is 10.6. The molecule has 26 heavy (non-hydrogen) atoms. The molecule has 2 atom stereocenters. The molecule has 0 aliphatic rings. The molecule has 2 N–H and O–H groups in total. The predicted octanol–water partition coefficient (Wildman–Crippen LogP) is 2.07. The first-order valence-corrected chi connectivity index (χ1v) is 9.00. The first kappa shape index (κ1) is 21.7. The smallest absolute Gasteiger partial charge is 0.329 e. The summed E-state index contributed by atoms with van der Waals surface area (Å²) >= 11 is 0. The van der Waals surface area contributed by atoms with Crippen LogP contribution in [0, 0.1) is 11.8 Å². The highest BCUT2D eigenvalue weighted by Crippen LogP contribution is 2.06. The van der Waals surface area contributed by atoms with Crippen molar-refractivity contribution in [3.63, 3.8) is 0 Å². The Kier molecular flexibility index (Phi) is 8.82. The normalized spacial score (nSPS) is 13.2. The summed E-state index contributed by atoms with van der Waals surface area (Å²) in [7, 11) is 0. The van der Waals surface area contributed by atoms with E-state index in [1.165, 1.54) is 0 Å². The fraction of sp³-hybridized carbons (Fsp3) is 0.550. The minimum atomic E-state index is -0.790. The topological polar surface area (TPSA) is 84.5 Å². The van der Waals surface area contributed by atoms with Gasteiger partial charge in [0.15, 0.2) is 6.61 Å². The highest BCUT2D eigenvalue weighted by atomic mass is 16.5. The van der Waals surface area contributed by atoms with Crippen LogP contribution >= 0.6 is 0 Å². The van der Waals surface area contributed by atoms with E-state index in [1.54, 1.807) is 0 Å². The third-order valence-electron chi connectivity index (χ3n) is 4.18. The zero-order valence-corrected chi connectivity index (χ0v) is 16.2. The van der Waals surface area contributed by atoms with Gasteiger partial charge >= 0.3 is 5.97 Å². The molecule has 1 aromatic rings. The van der Waals surface area contributed by atoms with Gasteiger partial charge in [-0.3, -0.25) is 9.59 Å². The molecule has 0 aliphatic carbocycles. The number of carbonyl (C=O) groups excluding carboxylic acids is 3. The lowest BCUT2D eigenvalue weighted by atomic mass is 10.0. The quantitative estimate of drug-likeness (QED) is 0.659. The molecule has 0 aliphatic heterocycles. The standard InChI is InChI=1S/C20H30N2O4/c1-13(2)15(5)21-18(24)12-26-20(25)19(14(3)4)22-17(23)11-16-9-7-6-8-10-16/h6-10,13-15,19H,11-12H2,1-5H3,(H,21,24)(H,22,23)/t15?,19-/m0/s1. The van der Waals surface area contributed by atoms with Crippen molar-refractivity contribution in [2.24, 2.45) is 11.8 Å². The van der Waals surface area contributed by atoms with E-state index in [1.807, 2.05) is 65.0 Å². The highest BCUT2D eigenvalue weighted by Gasteiger charge is 2.26. The van der Waals surface area contributed by atoms with Crippen LogP contribution in [-0.2, 0) is 25.5 Å². The minimum Gasteiger partial charge on any atom is -0.454 e. The van der Waals surface area contributed by atoms with Gasteiger partial charge in [0.2, 0.25) is 5.91 Å². The van der Waals surface area contributed by atoms with E-state index < -0.39 is 12.0 Å². The van der Waals surface area contributed by atoms with Gasteiger partial charge in [-0.05, 0) is 24.3 Å². The van der Waals surface area contributed by atoms with Crippen LogP contribution in [0.1, 0.15) is 40.2 Å². The van der Waals surface area contributed by atoms with Crippen molar-refractivity contribution >= 4 is 17.8 Å². The third kappa shape index (κ3) is 7.68. The Morgan fingerprint density at radius 2 is 1.50 bits per heavy atom. The van der Waals surface area contributed by atoms with Crippen molar-refractivity contribution in [3.8, 4) is 0 Å². The number of hydrogen-bond acceptors (Lipinski definition) is 4. The predicted molar refractivity (Wildman–Crippen MR) is 100 cm³/mol. The van der Waals surface area contributed by atoms with Crippen LogP contribution in [-0.4, -0.2) is 36.5 Å². The van der Waals surface area contributed by atoms with Crippen molar-refractivity contribution in [3.05, 3.63) is 35.9 Å². The number of hydrogen-bond donors (Lipinski definition) is 2. The summed E-state index contributed by atoms with van der Waals surface area (Å²) in [6.45, 7) is 9.16. The highest BCUT2D eigenvalue weighted by molar-refractivity contribution is 5.87. The second-order valence-electron chi connectivity index (χ2n) is 7.16. The van der Waals surface area contributed by atoms with Crippen LogP contribution in [0.25, 0.3) is 0 Å². The van der Waals surface area contributed by atoms with Crippen LogP contribution in [0.3, 0.4) is 0 Å². The Labute approximate surface area is 155 Å². The lowest BCUT2D eigenvalue weighted by Gasteiger charge is -2.21. The molecule has 0 saturated heterocycles. The molecule has 144 valence electrons. The molecule has 0 heterocycles. The molecule has 2 amide bonds. The molecule has 0 radical (unpaired) electrons. The van der Waals surface area contributed by atoms with Gasteiger partial charge in [0.1, 0.15) is 6.04 Å². The number of benzene rings is 1. The molecular weight excluding hydrogens is 332 g/mol. The monoisotopic (exact) mass is 362 g/mol. The number of esters is 1. The van der Waals surface area contributed by atoms with Crippen LogP contribution in [0.15, 0.2) is 30.3 Å². The largest absolute Gasteiger partial charge is 0.454 e. The maximum Gasteiger partial charge on any atom is 0.329 e. The van der Waals surface area contributed by atoms with E-state index in [2.05, 4.69) is 10.6 Å². The minimum absolute atomic E-state index is 0.00678. The fourth-order valence-electron chi connectivity index (χ4n) is 2.19. The number of amides is 2. The van der Waals surface area contributed by atoms with E-state index in [0.717, 1.165) is 5.56 Å². The van der Waals surface area contributed by atoms with E-state index in [4.69, 9.17) is 4.74 Å². The van der Waals surface area contributed by atoms with Gasteiger partial charge in [-0.1, -0.05) is 58.0 Å². The number of ether oxygens (including phenoxy) is 1. The first-order chi connectivity index (χ1) is 12.2. The molecule has 0 fully saturated rings. The van der Waals surface area contributed by atoms with E-state index in [-0.39, 0.29) is 42.7 Å². The van der Waals surface area contributed by atoms with Gasteiger partial charge in [-0.25, -0.2) is 4.79 Å². The van der Waals surface area contributed by atoms with Crippen LogP contribution in [0.2, 0.25) is 0 Å². The number of carbonyl (C=O) groups is 3. The van der Waals surface area contributed by atoms with Crippen molar-refractivity contribution in [2.45, 2.75) is 53.1 Å². The van der Waals surface area contributed by atoms with Gasteiger partial charge in [0, 0.05) is 6.04 Å². The van der Waals surface area contributed by atoms with Crippen molar-refractivity contribution in [1.29, 1.82) is 0 Å². The average Bonchev–Trinajstić information content (AvgIpc) is 2.58. The Hall–Kier alpha value is -2.37. The Bertz CT molecular complexity index is 599. The molecule has 1 rings (SSSR count). The zero-order chi connectivity index (χ0) is 19.7. The van der Waals surface area contributed by atoms with Crippen LogP contribution in [0.5, 0.6) is 0 Å². The van der Waals surface area contributed by atoms with Crippen LogP contribution in [0.4, 0.5) is 0 Å². The molecule has 1 unspecified atom stereocenters. The Morgan fingerprint density at radius 1 is 0.885 bits per heavy atom. The molecular formula is C20H30N2O4. The zero-order valence-electron chi connectivity index (χ0n) is 16.2. The van der Waals surface area contributed by atoms with E-state index >= 15 is 0 Å². The molecule has 0 bridgehead atoms. The summed E-state index contributed by atoms with van der Waals surface area (Å²) in [5, 5.41) is 5.48. The summed E-state index contributed by atoms with van der Waals surface area (Å²) in [5.41, 5.74) is 0.864. The van der Waals surface area contributed by atoms with Gasteiger partial charge < -0.3 is 15.4 Å². The molecule has 0 spiro atoms. The maximum absolute atomic E-state index is 12.3. The van der Waals surface area contributed by atoms with Gasteiger partial charge in [0.25, 0.3) is 5.91 Å². The summed E-state index contributed by atoms with van der Waals surface area (Å²) in [6, 6.07) is 8.49. The summed E-state index contributed by atoms with van der Waals surface area (Å²) in [6.07, 6.45) is 0.184. The van der Waals surface area contributed by atoms with Crippen molar-refractivity contribution in [2.75, 3.05) is 6.61 Å². The first-order valence-electron chi connectivity index (χ1n) is 9.00. The number of nitrogens with one attached hydrogen (secondary N) is 2. The molecule has 0 aromatic heterocycles. The number of rotatable bonds is 9. The molecule has 6 heteroatoms. The van der Waals surface area contributed by atoms with Crippen molar-refractivity contribution in [1.82, 2.24) is 10.6 Å². The van der Waals surface area contributed by atoms with E-state index in [9.17, 15) is 14.4 Å².